The van der Waals surface area contributed by atoms with Crippen molar-refractivity contribution in [1.82, 2.24) is 0 Å². The van der Waals surface area contributed by atoms with Crippen molar-refractivity contribution in [3.63, 3.8) is 0 Å². The predicted octanol–water partition coefficient (Wildman–Crippen LogP) is -1.02. The number of hydrogen-bond donors (Lipinski definition) is 2. The molecule has 0 bridgehead atoms. The van der Waals surface area contributed by atoms with Gasteiger partial charge in [-0.25, -0.2) is 0 Å². The Labute approximate surface area is 56.1 Å². The normalized spacial score (nSPS) is 11.0. The van der Waals surface area contributed by atoms with Gasteiger partial charge in [0.25, 0.3) is 0 Å². The summed E-state index contributed by atoms with van der Waals surface area (Å²) in [6.45, 7) is 2.70. The van der Waals surface area contributed by atoms with E-state index in [4.69, 9.17) is 10.2 Å². The van der Waals surface area contributed by atoms with Crippen LogP contribution in [0.1, 0.15) is 0 Å². The van der Waals surface area contributed by atoms with Gasteiger partial charge >= 0.3 is 0 Å². The standard InChI is InChI=1S/C2H4O2S.C2H6O2/c1-2-5(3)4;3-1-2-4/h2H,1H2,(H,3,4);3-4H,1-2H2/p-1. The molecule has 0 radical (unpaired) electrons. The fourth-order valence-corrected chi connectivity index (χ4v) is 0. The van der Waals surface area contributed by atoms with Gasteiger partial charge in [0.05, 0.1) is 13.2 Å². The third kappa shape index (κ3) is 33.7. The van der Waals surface area contributed by atoms with Gasteiger partial charge in [0.2, 0.25) is 0 Å². The molecule has 4 nitrogen and oxygen atoms in total. The lowest BCUT2D eigenvalue weighted by Gasteiger charge is -1.88. The fourth-order valence-electron chi connectivity index (χ4n) is 0. The molecule has 0 aliphatic carbocycles. The lowest BCUT2D eigenvalue weighted by atomic mass is 10.8. The van der Waals surface area contributed by atoms with Crippen LogP contribution >= 0.6 is 0 Å². The lowest BCUT2D eigenvalue weighted by Crippen LogP contribution is -1.85. The number of aliphatic hydroxyl groups excluding tert-OH is 2. The van der Waals surface area contributed by atoms with Crippen molar-refractivity contribution in [3.8, 4) is 0 Å². The summed E-state index contributed by atoms with van der Waals surface area (Å²) in [7, 11) is 0. The molecule has 0 spiro atoms. The van der Waals surface area contributed by atoms with Crippen LogP contribution < -0.4 is 0 Å². The zero-order valence-corrected chi connectivity index (χ0v) is 5.63. The number of aliphatic hydroxyl groups is 2. The van der Waals surface area contributed by atoms with Gasteiger partial charge in [-0.15, -0.1) is 0 Å². The smallest absolute Gasteiger partial charge is 0.0662 e. The van der Waals surface area contributed by atoms with Gasteiger partial charge in [-0.2, -0.15) is 0 Å². The molecule has 0 rings (SSSR count). The Hall–Kier alpha value is -0.230. The van der Waals surface area contributed by atoms with Crippen LogP contribution in [-0.2, 0) is 11.1 Å². The SMILES string of the molecule is C=CS(=O)[O-].OCCO. The van der Waals surface area contributed by atoms with Crippen LogP contribution in [0, 0.1) is 0 Å². The van der Waals surface area contributed by atoms with Crippen molar-refractivity contribution < 1.29 is 19.0 Å². The number of rotatable bonds is 2. The molecule has 0 saturated carbocycles. The summed E-state index contributed by atoms with van der Waals surface area (Å²) in [4.78, 5) is 0. The molecule has 0 aromatic heterocycles. The fraction of sp³-hybridized carbons (Fsp3) is 0.500. The second-order valence-electron chi connectivity index (χ2n) is 0.874. The van der Waals surface area contributed by atoms with Crippen molar-refractivity contribution in [2.45, 2.75) is 0 Å². The van der Waals surface area contributed by atoms with Crippen molar-refractivity contribution in [2.75, 3.05) is 13.2 Å². The lowest BCUT2D eigenvalue weighted by molar-refractivity contribution is 0.186. The quantitative estimate of drug-likeness (QED) is 0.497. The summed E-state index contributed by atoms with van der Waals surface area (Å²) in [5.41, 5.74) is 0. The Kier molecular flexibility index (Phi) is 13.7. The van der Waals surface area contributed by atoms with Gasteiger partial charge in [-0.05, 0) is 16.5 Å². The third-order valence-electron chi connectivity index (χ3n) is 0.236. The van der Waals surface area contributed by atoms with Gasteiger partial charge in [-0.3, -0.25) is 4.21 Å². The number of hydrogen-bond acceptors (Lipinski definition) is 4. The molecule has 9 heavy (non-hydrogen) atoms. The highest BCUT2D eigenvalue weighted by molar-refractivity contribution is 7.82. The topological polar surface area (TPSA) is 80.6 Å². The van der Waals surface area contributed by atoms with Crippen LogP contribution in [-0.4, -0.2) is 32.2 Å². The molecule has 0 saturated heterocycles. The Balaban J connectivity index is 0. The van der Waals surface area contributed by atoms with Crippen molar-refractivity contribution in [2.24, 2.45) is 0 Å². The van der Waals surface area contributed by atoms with E-state index in [-0.39, 0.29) is 13.2 Å². The summed E-state index contributed by atoms with van der Waals surface area (Å²) in [6.07, 6.45) is 0. The highest BCUT2D eigenvalue weighted by Crippen LogP contribution is 1.64. The van der Waals surface area contributed by atoms with Gasteiger partial charge in [0.1, 0.15) is 0 Å². The van der Waals surface area contributed by atoms with E-state index in [2.05, 4.69) is 6.58 Å². The second kappa shape index (κ2) is 10.7. The molecular weight excluding hydrogens is 144 g/mol. The minimum Gasteiger partial charge on any atom is -0.769 e. The van der Waals surface area contributed by atoms with E-state index in [0.717, 1.165) is 5.41 Å². The van der Waals surface area contributed by atoms with Crippen LogP contribution in [0.4, 0.5) is 0 Å². The molecule has 1 unspecified atom stereocenters. The molecule has 0 aliphatic rings. The van der Waals surface area contributed by atoms with Crippen LogP contribution in [0.2, 0.25) is 0 Å². The van der Waals surface area contributed by atoms with E-state index in [1.807, 2.05) is 0 Å². The average molecular weight is 153 g/mol. The van der Waals surface area contributed by atoms with Gasteiger partial charge in [0.15, 0.2) is 0 Å². The molecule has 1 atom stereocenters. The second-order valence-corrected chi connectivity index (χ2v) is 1.73. The van der Waals surface area contributed by atoms with Crippen molar-refractivity contribution >= 4 is 11.1 Å². The highest BCUT2D eigenvalue weighted by Gasteiger charge is 1.58. The Bertz CT molecular complexity index is 80.6. The average Bonchev–Trinajstić information content (AvgIpc) is 1.89. The summed E-state index contributed by atoms with van der Waals surface area (Å²) in [5.74, 6) is 0. The Morgan fingerprint density at radius 3 is 1.78 bits per heavy atom. The van der Waals surface area contributed by atoms with Crippen LogP contribution in [0.5, 0.6) is 0 Å². The summed E-state index contributed by atoms with van der Waals surface area (Å²) < 4.78 is 18.5. The maximum absolute atomic E-state index is 9.25. The molecule has 0 amide bonds. The van der Waals surface area contributed by atoms with Gasteiger partial charge in [-0.1, -0.05) is 6.58 Å². The summed E-state index contributed by atoms with van der Waals surface area (Å²) in [6, 6.07) is 0. The van der Waals surface area contributed by atoms with E-state index in [0.29, 0.717) is 0 Å². The first-order valence-corrected chi connectivity index (χ1v) is 3.25. The molecule has 2 N–H and O–H groups in total. The van der Waals surface area contributed by atoms with E-state index in [1.165, 1.54) is 0 Å². The molecule has 0 aliphatic heterocycles. The molecule has 0 fully saturated rings. The molecule has 0 aromatic carbocycles. The molecule has 56 valence electrons. The predicted molar refractivity (Wildman–Crippen MR) is 33.3 cm³/mol. The maximum atomic E-state index is 9.25. The summed E-state index contributed by atoms with van der Waals surface area (Å²) in [5, 5.41) is 16.1. The summed E-state index contributed by atoms with van der Waals surface area (Å²) >= 11 is -2.06. The van der Waals surface area contributed by atoms with E-state index in [9.17, 15) is 8.76 Å². The van der Waals surface area contributed by atoms with Crippen molar-refractivity contribution in [1.29, 1.82) is 0 Å². The zero-order chi connectivity index (χ0) is 7.70. The first kappa shape index (κ1) is 11.6. The van der Waals surface area contributed by atoms with E-state index < -0.39 is 11.1 Å². The van der Waals surface area contributed by atoms with E-state index >= 15 is 0 Å². The van der Waals surface area contributed by atoms with Crippen LogP contribution in [0.15, 0.2) is 12.0 Å². The van der Waals surface area contributed by atoms with Crippen LogP contribution in [0.3, 0.4) is 0 Å². The highest BCUT2D eigenvalue weighted by atomic mass is 32.2. The zero-order valence-electron chi connectivity index (χ0n) is 4.82. The minimum absolute atomic E-state index is 0.125. The molecule has 0 aromatic rings. The third-order valence-corrected chi connectivity index (χ3v) is 0.508. The monoisotopic (exact) mass is 153 g/mol. The molecular formula is C4H9O4S-. The van der Waals surface area contributed by atoms with E-state index in [1.54, 1.807) is 0 Å². The van der Waals surface area contributed by atoms with Gasteiger partial charge in [0, 0.05) is 0 Å². The Morgan fingerprint density at radius 1 is 1.56 bits per heavy atom. The first-order valence-electron chi connectivity index (χ1n) is 2.11. The maximum Gasteiger partial charge on any atom is 0.0662 e. The first-order chi connectivity index (χ1) is 4.18. The Morgan fingerprint density at radius 2 is 1.78 bits per heavy atom. The molecule has 5 heteroatoms. The van der Waals surface area contributed by atoms with Crippen LogP contribution in [0.25, 0.3) is 0 Å². The largest absolute Gasteiger partial charge is 0.769 e. The van der Waals surface area contributed by atoms with Crippen molar-refractivity contribution in [3.05, 3.63) is 12.0 Å². The van der Waals surface area contributed by atoms with Gasteiger partial charge < -0.3 is 14.8 Å². The molecule has 0 heterocycles. The minimum atomic E-state index is -2.06.